The Morgan fingerprint density at radius 1 is 0.882 bits per heavy atom. The van der Waals surface area contributed by atoms with Crippen LogP contribution in [-0.2, 0) is 14.3 Å². The zero-order chi connectivity index (χ0) is 13.5. The van der Waals surface area contributed by atoms with Crippen molar-refractivity contribution in [2.45, 2.75) is 52.4 Å². The van der Waals surface area contributed by atoms with Crippen molar-refractivity contribution in [3.05, 3.63) is 25.3 Å². The largest absolute Gasteiger partial charge is 0.387 e. The molecule has 98 valence electrons. The van der Waals surface area contributed by atoms with Crippen LogP contribution in [0.2, 0.25) is 0 Å². The quantitative estimate of drug-likeness (QED) is 0.318. The number of carbonyl (C=O) groups is 2. The molecule has 0 fully saturated rings. The van der Waals surface area contributed by atoms with Gasteiger partial charge in [0.15, 0.2) is 0 Å². The van der Waals surface area contributed by atoms with Crippen LogP contribution in [0.3, 0.4) is 0 Å². The topological polar surface area (TPSA) is 43.4 Å². The molecule has 0 unspecified atom stereocenters. The minimum absolute atomic E-state index is 0.579. The molecule has 3 heteroatoms. The van der Waals surface area contributed by atoms with E-state index in [0.717, 1.165) is 12.2 Å². The predicted octanol–water partition coefficient (Wildman–Crippen LogP) is 3.80. The molecular formula is C14H24O3. The second-order valence-corrected chi connectivity index (χ2v) is 3.49. The molecule has 1 aliphatic rings. The van der Waals surface area contributed by atoms with Gasteiger partial charge >= 0.3 is 11.9 Å². The van der Waals surface area contributed by atoms with Crippen molar-refractivity contribution in [1.82, 2.24) is 0 Å². The molecule has 0 radical (unpaired) electrons. The van der Waals surface area contributed by atoms with Gasteiger partial charge in [0.25, 0.3) is 0 Å². The van der Waals surface area contributed by atoms with Crippen molar-refractivity contribution in [3.63, 3.8) is 0 Å². The van der Waals surface area contributed by atoms with E-state index in [4.69, 9.17) is 0 Å². The minimum Gasteiger partial charge on any atom is -0.387 e. The van der Waals surface area contributed by atoms with Gasteiger partial charge in [-0.3, -0.25) is 0 Å². The Bertz CT molecular complexity index is 210. The second-order valence-electron chi connectivity index (χ2n) is 3.49. The van der Waals surface area contributed by atoms with Crippen molar-refractivity contribution < 1.29 is 14.3 Å². The molecule has 0 saturated heterocycles. The van der Waals surface area contributed by atoms with Gasteiger partial charge in [-0.05, 0) is 0 Å². The van der Waals surface area contributed by atoms with Crippen LogP contribution in [0.1, 0.15) is 52.4 Å². The second kappa shape index (κ2) is 14.6. The number of hydrogen-bond donors (Lipinski definition) is 0. The van der Waals surface area contributed by atoms with E-state index in [1.807, 2.05) is 0 Å². The Morgan fingerprint density at radius 2 is 1.24 bits per heavy atom. The lowest BCUT2D eigenvalue weighted by Gasteiger charge is -1.93. The minimum atomic E-state index is -0.579. The van der Waals surface area contributed by atoms with Gasteiger partial charge in [-0.1, -0.05) is 52.4 Å². The first-order valence-electron chi connectivity index (χ1n) is 6.14. The van der Waals surface area contributed by atoms with Gasteiger partial charge < -0.3 is 4.74 Å². The molecule has 17 heavy (non-hydrogen) atoms. The molecule has 0 bridgehead atoms. The van der Waals surface area contributed by atoms with E-state index in [1.54, 1.807) is 0 Å². The molecule has 0 saturated carbocycles. The predicted molar refractivity (Wildman–Crippen MR) is 70.5 cm³/mol. The summed E-state index contributed by atoms with van der Waals surface area (Å²) in [5.41, 5.74) is 0. The van der Waals surface area contributed by atoms with E-state index in [9.17, 15) is 9.59 Å². The summed E-state index contributed by atoms with van der Waals surface area (Å²) in [5, 5.41) is 0. The molecule has 0 aromatic rings. The molecule has 1 aliphatic heterocycles. The van der Waals surface area contributed by atoms with Crippen LogP contribution in [0.25, 0.3) is 0 Å². The summed E-state index contributed by atoms with van der Waals surface area (Å²) in [7, 11) is 0. The number of ether oxygens (including phenoxy) is 1. The molecule has 0 aliphatic carbocycles. The van der Waals surface area contributed by atoms with Crippen molar-refractivity contribution in [2.75, 3.05) is 0 Å². The fourth-order valence-corrected chi connectivity index (χ4v) is 1.16. The molecule has 3 nitrogen and oxygen atoms in total. The van der Waals surface area contributed by atoms with E-state index in [0.29, 0.717) is 0 Å². The lowest BCUT2D eigenvalue weighted by Crippen LogP contribution is -1.96. The molecule has 0 aromatic carbocycles. The van der Waals surface area contributed by atoms with Crippen molar-refractivity contribution in [3.8, 4) is 0 Å². The number of rotatable bonds is 5. The van der Waals surface area contributed by atoms with Gasteiger partial charge in [0.05, 0.1) is 0 Å². The number of carbonyl (C=O) groups excluding carboxylic acids is 2. The highest BCUT2D eigenvalue weighted by Crippen LogP contribution is 2.03. The highest BCUT2D eigenvalue weighted by atomic mass is 16.6. The Hall–Kier alpha value is -1.38. The van der Waals surface area contributed by atoms with Crippen molar-refractivity contribution in [1.29, 1.82) is 0 Å². The molecule has 1 heterocycles. The third-order valence-electron chi connectivity index (χ3n) is 2.01. The fourth-order valence-electron chi connectivity index (χ4n) is 1.16. The molecule has 0 spiro atoms. The highest BCUT2D eigenvalue weighted by Gasteiger charge is 2.10. The zero-order valence-corrected chi connectivity index (χ0v) is 11.0. The van der Waals surface area contributed by atoms with Gasteiger partial charge in [-0.15, -0.1) is 13.2 Å². The van der Waals surface area contributed by atoms with Gasteiger partial charge in [-0.25, -0.2) is 9.59 Å². The first-order valence-corrected chi connectivity index (χ1v) is 6.14. The van der Waals surface area contributed by atoms with Crippen LogP contribution in [0.15, 0.2) is 25.3 Å². The number of unbranched alkanes of at least 4 members (excludes halogenated alkanes) is 5. The van der Waals surface area contributed by atoms with Crippen molar-refractivity contribution in [2.24, 2.45) is 0 Å². The average molecular weight is 240 g/mol. The van der Waals surface area contributed by atoms with E-state index < -0.39 is 11.9 Å². The molecule has 0 atom stereocenters. The lowest BCUT2D eigenvalue weighted by atomic mass is 10.1. The van der Waals surface area contributed by atoms with Crippen molar-refractivity contribution >= 4 is 11.9 Å². The zero-order valence-electron chi connectivity index (χ0n) is 11.0. The number of cyclic esters (lactones) is 2. The van der Waals surface area contributed by atoms with E-state index in [-0.39, 0.29) is 0 Å². The highest BCUT2D eigenvalue weighted by molar-refractivity contribution is 6.04. The van der Waals surface area contributed by atoms with Crippen LogP contribution < -0.4 is 0 Å². The molecule has 0 N–H and O–H groups in total. The molecule has 0 amide bonds. The first-order chi connectivity index (χ1) is 8.20. The van der Waals surface area contributed by atoms with Crippen LogP contribution in [-0.4, -0.2) is 11.9 Å². The summed E-state index contributed by atoms with van der Waals surface area (Å²) in [6.45, 7) is 10.5. The van der Waals surface area contributed by atoms with Gasteiger partial charge in [-0.2, -0.15) is 0 Å². The Kier molecular flexibility index (Phi) is 15.5. The third-order valence-corrected chi connectivity index (χ3v) is 2.01. The van der Waals surface area contributed by atoms with Gasteiger partial charge in [0.1, 0.15) is 0 Å². The standard InChI is InChI=1S/C8H18.C4H2O3.C2H4/c1-3-5-7-8-6-4-2;5-3-1-2-4(6)7-3;1-2/h3-8H2,1-2H3;1-2H;1-2H2. The number of esters is 2. The normalized spacial score (nSPS) is 12.1. The van der Waals surface area contributed by atoms with Gasteiger partial charge in [0.2, 0.25) is 0 Å². The summed E-state index contributed by atoms with van der Waals surface area (Å²) >= 11 is 0. The van der Waals surface area contributed by atoms with Crippen LogP contribution in [0.5, 0.6) is 0 Å². The summed E-state index contributed by atoms with van der Waals surface area (Å²) in [6.07, 6.45) is 10.7. The maximum Gasteiger partial charge on any atom is 0.338 e. The number of hydrogen-bond acceptors (Lipinski definition) is 3. The Morgan fingerprint density at radius 3 is 1.41 bits per heavy atom. The van der Waals surface area contributed by atoms with Crippen LogP contribution >= 0.6 is 0 Å². The van der Waals surface area contributed by atoms with E-state index in [1.165, 1.54) is 38.5 Å². The van der Waals surface area contributed by atoms with Gasteiger partial charge in [0, 0.05) is 12.2 Å². The maximum atomic E-state index is 9.92. The lowest BCUT2D eigenvalue weighted by molar-refractivity contribution is -0.150. The monoisotopic (exact) mass is 240 g/mol. The molecular weight excluding hydrogens is 216 g/mol. The summed E-state index contributed by atoms with van der Waals surface area (Å²) in [4.78, 5) is 19.8. The molecule has 0 aromatic heterocycles. The molecule has 1 rings (SSSR count). The third kappa shape index (κ3) is 14.6. The van der Waals surface area contributed by atoms with Crippen LogP contribution in [0.4, 0.5) is 0 Å². The van der Waals surface area contributed by atoms with E-state index in [2.05, 4.69) is 31.7 Å². The SMILES string of the molecule is C=C.CCCCCCCC.O=C1C=CC(=O)O1. The summed E-state index contributed by atoms with van der Waals surface area (Å²) in [5.74, 6) is -1.16. The Labute approximate surface area is 105 Å². The van der Waals surface area contributed by atoms with E-state index >= 15 is 0 Å². The smallest absolute Gasteiger partial charge is 0.338 e. The fraction of sp³-hybridized carbons (Fsp3) is 0.571. The summed E-state index contributed by atoms with van der Waals surface area (Å²) in [6, 6.07) is 0. The first kappa shape index (κ1) is 18.0. The van der Waals surface area contributed by atoms with Crippen LogP contribution in [0, 0.1) is 0 Å². The Balaban J connectivity index is 0. The average Bonchev–Trinajstić information content (AvgIpc) is 2.72. The maximum absolute atomic E-state index is 9.92. The summed E-state index contributed by atoms with van der Waals surface area (Å²) < 4.78 is 3.97.